The highest BCUT2D eigenvalue weighted by Crippen LogP contribution is 2.28. The number of para-hydroxylation sites is 1. The van der Waals surface area contributed by atoms with Crippen molar-refractivity contribution < 1.29 is 0 Å². The van der Waals surface area contributed by atoms with E-state index in [0.29, 0.717) is 0 Å². The van der Waals surface area contributed by atoms with E-state index in [1.165, 1.54) is 16.8 Å². The van der Waals surface area contributed by atoms with Crippen LogP contribution in [0.2, 0.25) is 0 Å². The van der Waals surface area contributed by atoms with Gasteiger partial charge in [0.15, 0.2) is 0 Å². The third-order valence-corrected chi connectivity index (χ3v) is 3.14. The van der Waals surface area contributed by atoms with Gasteiger partial charge in [-0.15, -0.1) is 0 Å². The van der Waals surface area contributed by atoms with Gasteiger partial charge in [0.1, 0.15) is 0 Å². The van der Waals surface area contributed by atoms with E-state index in [-0.39, 0.29) is 0 Å². The van der Waals surface area contributed by atoms with Crippen LogP contribution >= 0.6 is 11.3 Å². The van der Waals surface area contributed by atoms with Gasteiger partial charge < -0.3 is 0 Å². The van der Waals surface area contributed by atoms with E-state index < -0.39 is 0 Å². The Hall–Kier alpha value is -1.41. The van der Waals surface area contributed by atoms with Crippen molar-refractivity contribution in [3.05, 3.63) is 52.2 Å². The molecule has 1 aromatic carbocycles. The molecule has 0 bridgehead atoms. The predicted octanol–water partition coefficient (Wildman–Crippen LogP) is 3.43. The van der Waals surface area contributed by atoms with Crippen LogP contribution in [0, 0.1) is 0 Å². The molecular weight excluding hydrogens is 190 g/mol. The number of nitrogens with zero attached hydrogens (tertiary/aromatic N) is 1. The average Bonchev–Trinajstić information content (AvgIpc) is 2.86. The zero-order valence-corrected chi connectivity index (χ0v) is 8.42. The van der Waals surface area contributed by atoms with Crippen molar-refractivity contribution in [3.63, 3.8) is 0 Å². The molecule has 0 atom stereocenters. The fourth-order valence-corrected chi connectivity index (χ4v) is 2.39. The molecule has 0 N–H and O–H groups in total. The van der Waals surface area contributed by atoms with Crippen LogP contribution in [0.3, 0.4) is 0 Å². The molecule has 0 radical (unpaired) electrons. The topological polar surface area (TPSA) is 12.4 Å². The number of hydrogen-bond donors (Lipinski definition) is 0. The molecule has 1 nitrogen and oxygen atoms in total. The van der Waals surface area contributed by atoms with Gasteiger partial charge in [-0.3, -0.25) is 4.99 Å². The predicted molar refractivity (Wildman–Crippen MR) is 60.7 cm³/mol. The highest BCUT2D eigenvalue weighted by Gasteiger charge is 2.14. The molecule has 2 heterocycles. The van der Waals surface area contributed by atoms with E-state index in [2.05, 4.69) is 40.0 Å². The maximum Gasteiger partial charge on any atom is 0.0669 e. The lowest BCUT2D eigenvalue weighted by molar-refractivity contribution is 1.39. The Bertz CT molecular complexity index is 483. The summed E-state index contributed by atoms with van der Waals surface area (Å²) >= 11 is 1.72. The van der Waals surface area contributed by atoms with Gasteiger partial charge in [-0.05, 0) is 28.5 Å². The Balaban J connectivity index is 2.04. The molecule has 0 fully saturated rings. The standard InChI is InChI=1S/C12H9NS/c1-2-4-11-9(3-1)7-12(13-11)10-5-6-14-8-10/h1-6,8H,7H2. The third kappa shape index (κ3) is 1.19. The molecule has 1 aliphatic rings. The summed E-state index contributed by atoms with van der Waals surface area (Å²) in [5.74, 6) is 0. The van der Waals surface area contributed by atoms with E-state index in [9.17, 15) is 0 Å². The SMILES string of the molecule is c1ccc2c(c1)CC(c1ccsc1)=N2. The van der Waals surface area contributed by atoms with Crippen LogP contribution in [0.4, 0.5) is 5.69 Å². The van der Waals surface area contributed by atoms with E-state index in [1.807, 2.05) is 6.07 Å². The zero-order chi connectivity index (χ0) is 9.38. The normalized spacial score (nSPS) is 13.9. The number of fused-ring (bicyclic) bond motifs is 1. The Morgan fingerprint density at radius 2 is 2.07 bits per heavy atom. The minimum Gasteiger partial charge on any atom is -0.252 e. The fourth-order valence-electron chi connectivity index (χ4n) is 1.73. The first-order valence-corrected chi connectivity index (χ1v) is 5.56. The summed E-state index contributed by atoms with van der Waals surface area (Å²) < 4.78 is 0. The van der Waals surface area contributed by atoms with E-state index in [4.69, 9.17) is 0 Å². The Morgan fingerprint density at radius 3 is 2.86 bits per heavy atom. The molecule has 0 spiro atoms. The molecule has 1 aromatic heterocycles. The van der Waals surface area contributed by atoms with Crippen molar-refractivity contribution in [2.24, 2.45) is 4.99 Å². The smallest absolute Gasteiger partial charge is 0.0669 e. The summed E-state index contributed by atoms with van der Waals surface area (Å²) in [5.41, 5.74) is 4.95. The first-order chi connectivity index (χ1) is 6.93. The third-order valence-electron chi connectivity index (χ3n) is 2.46. The molecule has 2 aromatic rings. The van der Waals surface area contributed by atoms with Crippen molar-refractivity contribution in [2.75, 3.05) is 0 Å². The number of aliphatic imine (C=N–C) groups is 1. The summed E-state index contributed by atoms with van der Waals surface area (Å²) in [5, 5.41) is 4.26. The number of rotatable bonds is 1. The van der Waals surface area contributed by atoms with Gasteiger partial charge in [0.2, 0.25) is 0 Å². The van der Waals surface area contributed by atoms with Crippen LogP contribution in [0.5, 0.6) is 0 Å². The first-order valence-electron chi connectivity index (χ1n) is 4.61. The molecule has 0 unspecified atom stereocenters. The lowest BCUT2D eigenvalue weighted by Crippen LogP contribution is -1.97. The molecule has 1 aliphatic heterocycles. The van der Waals surface area contributed by atoms with Crippen molar-refractivity contribution >= 4 is 22.7 Å². The Kier molecular flexibility index (Phi) is 1.74. The minimum atomic E-state index is 0.979. The van der Waals surface area contributed by atoms with E-state index in [0.717, 1.165) is 12.1 Å². The quantitative estimate of drug-likeness (QED) is 0.667. The molecule has 2 heteroatoms. The average molecular weight is 199 g/mol. The van der Waals surface area contributed by atoms with Gasteiger partial charge in [0.05, 0.1) is 11.4 Å². The summed E-state index contributed by atoms with van der Waals surface area (Å²) in [6, 6.07) is 10.5. The molecule has 0 saturated heterocycles. The zero-order valence-electron chi connectivity index (χ0n) is 7.60. The van der Waals surface area contributed by atoms with Gasteiger partial charge in [-0.2, -0.15) is 11.3 Å². The molecular formula is C12H9NS. The Morgan fingerprint density at radius 1 is 1.14 bits per heavy atom. The van der Waals surface area contributed by atoms with E-state index in [1.54, 1.807) is 11.3 Å². The summed E-state index contributed by atoms with van der Waals surface area (Å²) in [6.07, 6.45) is 0.979. The lowest BCUT2D eigenvalue weighted by atomic mass is 10.1. The first kappa shape index (κ1) is 7.94. The van der Waals surface area contributed by atoms with Crippen LogP contribution in [0.25, 0.3) is 0 Å². The molecule has 14 heavy (non-hydrogen) atoms. The van der Waals surface area contributed by atoms with Crippen LogP contribution in [-0.2, 0) is 6.42 Å². The fraction of sp³-hybridized carbons (Fsp3) is 0.0833. The monoisotopic (exact) mass is 199 g/mol. The minimum absolute atomic E-state index is 0.979. The summed E-state index contributed by atoms with van der Waals surface area (Å²) in [6.45, 7) is 0. The molecule has 3 rings (SSSR count). The largest absolute Gasteiger partial charge is 0.252 e. The molecule has 0 saturated carbocycles. The maximum absolute atomic E-state index is 4.62. The number of thiophene rings is 1. The van der Waals surface area contributed by atoms with Gasteiger partial charge >= 0.3 is 0 Å². The van der Waals surface area contributed by atoms with Gasteiger partial charge in [0.25, 0.3) is 0 Å². The summed E-state index contributed by atoms with van der Waals surface area (Å²) in [4.78, 5) is 4.62. The molecule has 0 aliphatic carbocycles. The summed E-state index contributed by atoms with van der Waals surface area (Å²) in [7, 11) is 0. The van der Waals surface area contributed by atoms with Crippen molar-refractivity contribution in [3.8, 4) is 0 Å². The van der Waals surface area contributed by atoms with Crippen molar-refractivity contribution in [1.82, 2.24) is 0 Å². The highest BCUT2D eigenvalue weighted by atomic mass is 32.1. The molecule has 68 valence electrons. The van der Waals surface area contributed by atoms with Gasteiger partial charge in [-0.25, -0.2) is 0 Å². The second kappa shape index (κ2) is 3.07. The van der Waals surface area contributed by atoms with Crippen molar-refractivity contribution in [2.45, 2.75) is 6.42 Å². The second-order valence-electron chi connectivity index (χ2n) is 3.38. The number of hydrogen-bond acceptors (Lipinski definition) is 2. The maximum atomic E-state index is 4.62. The lowest BCUT2D eigenvalue weighted by Gasteiger charge is -1.94. The van der Waals surface area contributed by atoms with Crippen LogP contribution in [0.1, 0.15) is 11.1 Å². The van der Waals surface area contributed by atoms with Crippen LogP contribution in [0.15, 0.2) is 46.1 Å². The number of benzene rings is 1. The van der Waals surface area contributed by atoms with E-state index >= 15 is 0 Å². The van der Waals surface area contributed by atoms with Gasteiger partial charge in [0, 0.05) is 12.0 Å². The van der Waals surface area contributed by atoms with Crippen molar-refractivity contribution in [1.29, 1.82) is 0 Å². The second-order valence-corrected chi connectivity index (χ2v) is 4.16. The van der Waals surface area contributed by atoms with Crippen LogP contribution < -0.4 is 0 Å². The van der Waals surface area contributed by atoms with Gasteiger partial charge in [-0.1, -0.05) is 18.2 Å². The highest BCUT2D eigenvalue weighted by molar-refractivity contribution is 7.08. The van der Waals surface area contributed by atoms with Crippen LogP contribution in [-0.4, -0.2) is 5.71 Å². The molecule has 0 amide bonds. The Labute approximate surface area is 86.7 Å².